The molecule has 0 aliphatic carbocycles. The summed E-state index contributed by atoms with van der Waals surface area (Å²) in [7, 11) is 0. The van der Waals surface area contributed by atoms with Gasteiger partial charge >= 0.3 is 0 Å². The maximum absolute atomic E-state index is 14.2. The predicted octanol–water partition coefficient (Wildman–Crippen LogP) is 4.39. The van der Waals surface area contributed by atoms with E-state index in [4.69, 9.17) is 0 Å². The number of nitrogens with zero attached hydrogens (tertiary/aromatic N) is 1. The van der Waals surface area contributed by atoms with Crippen molar-refractivity contribution in [2.24, 2.45) is 4.99 Å². The van der Waals surface area contributed by atoms with Crippen molar-refractivity contribution in [1.29, 1.82) is 0 Å². The van der Waals surface area contributed by atoms with E-state index >= 15 is 0 Å². The van der Waals surface area contributed by atoms with Gasteiger partial charge in [0.05, 0.1) is 16.9 Å². The number of benzene rings is 1. The van der Waals surface area contributed by atoms with Crippen LogP contribution in [0.1, 0.15) is 51.7 Å². The number of hydrogen-bond acceptors (Lipinski definition) is 2. The van der Waals surface area contributed by atoms with Crippen molar-refractivity contribution in [2.45, 2.75) is 53.1 Å². The number of aliphatic hydroxyl groups is 1. The van der Waals surface area contributed by atoms with Gasteiger partial charge < -0.3 is 5.11 Å². The Labute approximate surface area is 113 Å². The first kappa shape index (κ1) is 15.8. The molecule has 0 fully saturated rings. The van der Waals surface area contributed by atoms with Gasteiger partial charge in [-0.1, -0.05) is 13.3 Å². The molecule has 0 heterocycles. The van der Waals surface area contributed by atoms with E-state index in [0.29, 0.717) is 0 Å². The molecule has 0 spiro atoms. The van der Waals surface area contributed by atoms with E-state index in [1.807, 2.05) is 13.8 Å². The van der Waals surface area contributed by atoms with E-state index in [2.05, 4.69) is 4.99 Å². The van der Waals surface area contributed by atoms with E-state index in [9.17, 15) is 13.9 Å². The normalized spacial score (nSPS) is 12.9. The highest BCUT2D eigenvalue weighted by atomic mass is 19.1. The molecule has 0 bridgehead atoms. The zero-order valence-electron chi connectivity index (χ0n) is 12.1. The molecule has 19 heavy (non-hydrogen) atoms. The van der Waals surface area contributed by atoms with Crippen molar-refractivity contribution in [2.75, 3.05) is 0 Å². The van der Waals surface area contributed by atoms with Crippen LogP contribution in [0.15, 0.2) is 11.1 Å². The first-order valence-corrected chi connectivity index (χ1v) is 6.44. The van der Waals surface area contributed by atoms with E-state index in [1.165, 1.54) is 19.9 Å². The second kappa shape index (κ2) is 5.78. The number of halogens is 2. The van der Waals surface area contributed by atoms with Crippen LogP contribution < -0.4 is 0 Å². The summed E-state index contributed by atoms with van der Waals surface area (Å²) >= 11 is 0. The minimum absolute atomic E-state index is 0.258. The van der Waals surface area contributed by atoms with Crippen molar-refractivity contribution in [3.05, 3.63) is 28.8 Å². The SMILES string of the molecule is CCCC(C)=Nc1cc(F)c(C(C)(C)O)c(F)c1C. The monoisotopic (exact) mass is 269 g/mol. The van der Waals surface area contributed by atoms with Crippen LogP contribution in [-0.4, -0.2) is 10.8 Å². The molecule has 2 nitrogen and oxygen atoms in total. The number of aliphatic imine (C=N–C) groups is 1. The van der Waals surface area contributed by atoms with Gasteiger partial charge in [-0.05, 0) is 34.1 Å². The summed E-state index contributed by atoms with van der Waals surface area (Å²) in [6.07, 6.45) is 1.72. The fourth-order valence-corrected chi connectivity index (χ4v) is 2.01. The van der Waals surface area contributed by atoms with Crippen LogP contribution in [0.5, 0.6) is 0 Å². The molecule has 106 valence electrons. The van der Waals surface area contributed by atoms with E-state index < -0.39 is 17.2 Å². The van der Waals surface area contributed by atoms with Gasteiger partial charge in [0, 0.05) is 17.3 Å². The fraction of sp³-hybridized carbons (Fsp3) is 0.533. The van der Waals surface area contributed by atoms with Gasteiger partial charge in [-0.25, -0.2) is 8.78 Å². The largest absolute Gasteiger partial charge is 0.386 e. The summed E-state index contributed by atoms with van der Waals surface area (Å²) in [5.41, 5.74) is -0.486. The predicted molar refractivity (Wildman–Crippen MR) is 74.0 cm³/mol. The van der Waals surface area contributed by atoms with Crippen molar-refractivity contribution in [3.63, 3.8) is 0 Å². The molecule has 4 heteroatoms. The number of rotatable bonds is 4. The van der Waals surface area contributed by atoms with Gasteiger partial charge in [0.2, 0.25) is 0 Å². The van der Waals surface area contributed by atoms with Crippen LogP contribution >= 0.6 is 0 Å². The standard InChI is InChI=1S/C15H21F2NO/c1-6-7-9(2)18-12-8-11(16)13(15(4,5)19)14(17)10(12)3/h8,19H,6-7H2,1-5H3. The Morgan fingerprint density at radius 3 is 2.42 bits per heavy atom. The molecule has 1 aromatic carbocycles. The molecule has 0 aliphatic heterocycles. The average molecular weight is 269 g/mol. The second-order valence-corrected chi connectivity index (χ2v) is 5.35. The van der Waals surface area contributed by atoms with Gasteiger partial charge in [0.25, 0.3) is 0 Å². The van der Waals surface area contributed by atoms with Crippen LogP contribution in [0.25, 0.3) is 0 Å². The maximum Gasteiger partial charge on any atom is 0.137 e. The summed E-state index contributed by atoms with van der Waals surface area (Å²) in [4.78, 5) is 4.25. The Morgan fingerprint density at radius 1 is 1.37 bits per heavy atom. The van der Waals surface area contributed by atoms with Gasteiger partial charge in [0.1, 0.15) is 11.6 Å². The molecule has 0 unspecified atom stereocenters. The quantitative estimate of drug-likeness (QED) is 0.808. The third kappa shape index (κ3) is 3.60. The molecule has 0 atom stereocenters. The molecular weight excluding hydrogens is 248 g/mol. The molecule has 1 N–H and O–H groups in total. The van der Waals surface area contributed by atoms with Crippen molar-refractivity contribution >= 4 is 11.4 Å². The summed E-state index contributed by atoms with van der Waals surface area (Å²) < 4.78 is 28.1. The Morgan fingerprint density at radius 2 is 1.95 bits per heavy atom. The lowest BCUT2D eigenvalue weighted by Gasteiger charge is -2.21. The molecule has 0 radical (unpaired) electrons. The Hall–Kier alpha value is -1.29. The van der Waals surface area contributed by atoms with Crippen LogP contribution in [-0.2, 0) is 5.60 Å². The summed E-state index contributed by atoms with van der Waals surface area (Å²) in [6.45, 7) is 8.12. The van der Waals surface area contributed by atoms with Crippen molar-refractivity contribution in [1.82, 2.24) is 0 Å². The Kier molecular flexibility index (Phi) is 4.80. The van der Waals surface area contributed by atoms with Crippen LogP contribution in [0, 0.1) is 18.6 Å². The third-order valence-electron chi connectivity index (χ3n) is 2.97. The highest BCUT2D eigenvalue weighted by molar-refractivity contribution is 5.85. The third-order valence-corrected chi connectivity index (χ3v) is 2.97. The molecule has 1 aromatic rings. The van der Waals surface area contributed by atoms with E-state index in [0.717, 1.165) is 18.6 Å². The van der Waals surface area contributed by atoms with Gasteiger partial charge in [-0.3, -0.25) is 4.99 Å². The smallest absolute Gasteiger partial charge is 0.137 e. The summed E-state index contributed by atoms with van der Waals surface area (Å²) in [5.74, 6) is -1.49. The van der Waals surface area contributed by atoms with Gasteiger partial charge in [-0.2, -0.15) is 0 Å². The molecule has 0 amide bonds. The van der Waals surface area contributed by atoms with E-state index in [-0.39, 0.29) is 16.8 Å². The van der Waals surface area contributed by atoms with Crippen molar-refractivity contribution in [3.8, 4) is 0 Å². The summed E-state index contributed by atoms with van der Waals surface area (Å²) in [6, 6.07) is 1.19. The fourth-order valence-electron chi connectivity index (χ4n) is 2.01. The zero-order chi connectivity index (χ0) is 14.8. The van der Waals surface area contributed by atoms with Crippen LogP contribution in [0.2, 0.25) is 0 Å². The lowest BCUT2D eigenvalue weighted by atomic mass is 9.94. The molecule has 0 aliphatic rings. The Balaban J connectivity index is 3.38. The lowest BCUT2D eigenvalue weighted by Crippen LogP contribution is -2.20. The minimum atomic E-state index is -1.56. The van der Waals surface area contributed by atoms with Gasteiger partial charge in [-0.15, -0.1) is 0 Å². The highest BCUT2D eigenvalue weighted by Crippen LogP contribution is 2.33. The molecular formula is C15H21F2NO. The topological polar surface area (TPSA) is 32.6 Å². The molecule has 0 aromatic heterocycles. The highest BCUT2D eigenvalue weighted by Gasteiger charge is 2.27. The maximum atomic E-state index is 14.2. The first-order valence-electron chi connectivity index (χ1n) is 6.44. The molecule has 1 rings (SSSR count). The number of hydrogen-bond donors (Lipinski definition) is 1. The summed E-state index contributed by atoms with van der Waals surface area (Å²) in [5, 5.41) is 9.82. The molecule has 0 saturated carbocycles. The van der Waals surface area contributed by atoms with Crippen LogP contribution in [0.3, 0.4) is 0 Å². The average Bonchev–Trinajstić information content (AvgIpc) is 2.23. The van der Waals surface area contributed by atoms with E-state index in [1.54, 1.807) is 6.92 Å². The van der Waals surface area contributed by atoms with Crippen molar-refractivity contribution < 1.29 is 13.9 Å². The van der Waals surface area contributed by atoms with Crippen LogP contribution in [0.4, 0.5) is 14.5 Å². The second-order valence-electron chi connectivity index (χ2n) is 5.35. The van der Waals surface area contributed by atoms with Gasteiger partial charge in [0.15, 0.2) is 0 Å². The first-order chi connectivity index (χ1) is 8.68. The minimum Gasteiger partial charge on any atom is -0.386 e. The zero-order valence-corrected chi connectivity index (χ0v) is 12.1. The molecule has 0 saturated heterocycles. The lowest BCUT2D eigenvalue weighted by molar-refractivity contribution is 0.0701. The Bertz CT molecular complexity index is 502.